The zero-order valence-corrected chi connectivity index (χ0v) is 20.5. The molecule has 0 bridgehead atoms. The number of nitrogens with two attached hydrogens (primary N) is 1. The van der Waals surface area contributed by atoms with Gasteiger partial charge in [0.25, 0.3) is 0 Å². The molecule has 0 spiro atoms. The Hall–Kier alpha value is -2.96. The van der Waals surface area contributed by atoms with Crippen LogP contribution in [0.2, 0.25) is 0 Å². The second-order valence-corrected chi connectivity index (χ2v) is 10.3. The highest BCUT2D eigenvalue weighted by Crippen LogP contribution is 2.46. The molecular formula is C25H30N6O2S. The SMILES string of the molecule is CCCc1c([C@H]2CCCc3sc(N)c(C#N)c32)noc1-c1ccnc(OC[C@@H]2CCCN2C)n1. The number of aryl methyl sites for hydroxylation is 1. The van der Waals surface area contributed by atoms with E-state index in [0.717, 1.165) is 61.9 Å². The molecule has 178 valence electrons. The summed E-state index contributed by atoms with van der Waals surface area (Å²) >= 11 is 1.54. The number of aromatic nitrogens is 3. The summed E-state index contributed by atoms with van der Waals surface area (Å²) in [7, 11) is 2.13. The number of nitrogen functional groups attached to an aromatic ring is 1. The molecule has 1 fully saturated rings. The van der Waals surface area contributed by atoms with Crippen molar-refractivity contribution < 1.29 is 9.26 Å². The average Bonchev–Trinajstić information content (AvgIpc) is 3.54. The third-order valence-corrected chi connectivity index (χ3v) is 8.09. The Morgan fingerprint density at radius 1 is 1.35 bits per heavy atom. The molecule has 1 saturated heterocycles. The number of nitriles is 1. The smallest absolute Gasteiger partial charge is 0.317 e. The summed E-state index contributed by atoms with van der Waals surface area (Å²) in [6, 6.07) is 4.92. The Balaban J connectivity index is 1.47. The molecule has 1 aliphatic carbocycles. The van der Waals surface area contributed by atoms with Gasteiger partial charge < -0.3 is 19.9 Å². The molecule has 0 amide bonds. The molecular weight excluding hydrogens is 448 g/mol. The van der Waals surface area contributed by atoms with Crippen molar-refractivity contribution in [3.05, 3.63) is 39.5 Å². The van der Waals surface area contributed by atoms with Crippen LogP contribution in [0.5, 0.6) is 6.01 Å². The lowest BCUT2D eigenvalue weighted by molar-refractivity contribution is 0.188. The fourth-order valence-corrected chi connectivity index (χ4v) is 6.37. The summed E-state index contributed by atoms with van der Waals surface area (Å²) in [5.41, 5.74) is 10.5. The largest absolute Gasteiger partial charge is 0.462 e. The van der Waals surface area contributed by atoms with Gasteiger partial charge >= 0.3 is 6.01 Å². The van der Waals surface area contributed by atoms with Gasteiger partial charge in [-0.1, -0.05) is 18.5 Å². The van der Waals surface area contributed by atoms with Crippen molar-refractivity contribution in [3.63, 3.8) is 0 Å². The molecule has 4 heterocycles. The van der Waals surface area contributed by atoms with Crippen molar-refractivity contribution in [2.24, 2.45) is 0 Å². The van der Waals surface area contributed by atoms with Crippen LogP contribution in [0.3, 0.4) is 0 Å². The Morgan fingerprint density at radius 2 is 2.24 bits per heavy atom. The highest BCUT2D eigenvalue weighted by atomic mass is 32.1. The molecule has 0 saturated carbocycles. The highest BCUT2D eigenvalue weighted by Gasteiger charge is 2.33. The number of thiophene rings is 1. The van der Waals surface area contributed by atoms with Gasteiger partial charge in [0.1, 0.15) is 23.4 Å². The number of hydrogen-bond donors (Lipinski definition) is 1. The molecule has 3 aromatic rings. The van der Waals surface area contributed by atoms with E-state index < -0.39 is 0 Å². The second kappa shape index (κ2) is 9.72. The fraction of sp³-hybridized carbons (Fsp3) is 0.520. The van der Waals surface area contributed by atoms with E-state index in [0.29, 0.717) is 40.7 Å². The van der Waals surface area contributed by atoms with Crippen molar-refractivity contribution in [2.45, 2.75) is 63.8 Å². The predicted octanol–water partition coefficient (Wildman–Crippen LogP) is 4.54. The first-order chi connectivity index (χ1) is 16.6. The minimum atomic E-state index is 0.0152. The maximum atomic E-state index is 9.76. The summed E-state index contributed by atoms with van der Waals surface area (Å²) in [5, 5.41) is 14.9. The zero-order chi connectivity index (χ0) is 23.7. The number of ether oxygens (including phenoxy) is 1. The molecule has 8 nitrogen and oxygen atoms in total. The topological polar surface area (TPSA) is 114 Å². The van der Waals surface area contributed by atoms with E-state index in [4.69, 9.17) is 15.0 Å². The maximum Gasteiger partial charge on any atom is 0.317 e. The lowest BCUT2D eigenvalue weighted by Crippen LogP contribution is -2.30. The van der Waals surface area contributed by atoms with Crippen molar-refractivity contribution in [3.8, 4) is 23.5 Å². The standard InChI is InChI=1S/C25H30N6O2S/c1-3-6-17-22(16-8-4-9-20-21(16)18(13-26)24(27)34-20)30-33-23(17)19-10-11-28-25(29-19)32-14-15-7-5-12-31(15)2/h10-11,15-16H,3-9,12,14,27H2,1-2H3/t15-,16-/m0/s1. The Bertz CT molecular complexity index is 1210. The number of likely N-dealkylation sites (N-methyl/N-ethyl adjacent to an activating group) is 1. The van der Waals surface area contributed by atoms with Crippen LogP contribution in [0.4, 0.5) is 5.00 Å². The third-order valence-electron chi connectivity index (χ3n) is 7.00. The lowest BCUT2D eigenvalue weighted by Gasteiger charge is -2.22. The van der Waals surface area contributed by atoms with Crippen LogP contribution < -0.4 is 10.5 Å². The van der Waals surface area contributed by atoms with E-state index in [1.807, 2.05) is 6.07 Å². The van der Waals surface area contributed by atoms with Gasteiger partial charge in [0, 0.05) is 28.6 Å². The molecule has 3 aromatic heterocycles. The number of rotatable bonds is 7. The minimum absolute atomic E-state index is 0.0152. The van der Waals surface area contributed by atoms with Crippen LogP contribution in [-0.4, -0.2) is 46.3 Å². The van der Waals surface area contributed by atoms with E-state index in [1.54, 1.807) is 6.20 Å². The van der Waals surface area contributed by atoms with Crippen LogP contribution in [0.15, 0.2) is 16.8 Å². The lowest BCUT2D eigenvalue weighted by atomic mass is 9.81. The second-order valence-electron chi connectivity index (χ2n) is 9.17. The molecule has 34 heavy (non-hydrogen) atoms. The summed E-state index contributed by atoms with van der Waals surface area (Å²) < 4.78 is 11.9. The maximum absolute atomic E-state index is 9.76. The molecule has 0 aromatic carbocycles. The van der Waals surface area contributed by atoms with Crippen molar-refractivity contribution in [1.82, 2.24) is 20.0 Å². The average molecular weight is 479 g/mol. The third kappa shape index (κ3) is 4.17. The van der Waals surface area contributed by atoms with Gasteiger partial charge in [-0.15, -0.1) is 11.3 Å². The van der Waals surface area contributed by atoms with E-state index in [1.165, 1.54) is 22.6 Å². The van der Waals surface area contributed by atoms with Crippen LogP contribution in [0.1, 0.15) is 72.2 Å². The number of fused-ring (bicyclic) bond motifs is 1. The Kier molecular flexibility index (Phi) is 6.53. The number of likely N-dealkylation sites (tertiary alicyclic amines) is 1. The molecule has 1 aliphatic heterocycles. The van der Waals surface area contributed by atoms with E-state index >= 15 is 0 Å². The van der Waals surface area contributed by atoms with Gasteiger partial charge in [-0.2, -0.15) is 10.2 Å². The predicted molar refractivity (Wildman–Crippen MR) is 131 cm³/mol. The highest BCUT2D eigenvalue weighted by molar-refractivity contribution is 7.16. The summed E-state index contributed by atoms with van der Waals surface area (Å²) in [4.78, 5) is 12.5. The number of nitrogens with zero attached hydrogens (tertiary/aromatic N) is 5. The van der Waals surface area contributed by atoms with Gasteiger partial charge in [-0.25, -0.2) is 4.98 Å². The molecule has 2 N–H and O–H groups in total. The first-order valence-electron chi connectivity index (χ1n) is 12.1. The van der Waals surface area contributed by atoms with Gasteiger partial charge in [0.05, 0.1) is 11.3 Å². The first-order valence-corrected chi connectivity index (χ1v) is 12.9. The first kappa shape index (κ1) is 22.8. The Labute approximate surface area is 203 Å². The van der Waals surface area contributed by atoms with Crippen molar-refractivity contribution in [2.75, 3.05) is 25.9 Å². The summed E-state index contributed by atoms with van der Waals surface area (Å²) in [6.45, 7) is 3.82. The van der Waals surface area contributed by atoms with Crippen LogP contribution >= 0.6 is 11.3 Å². The normalized spacial score (nSPS) is 20.3. The summed E-state index contributed by atoms with van der Waals surface area (Å²) in [6.07, 6.45) is 8.71. The molecule has 2 aliphatic rings. The number of anilines is 1. The quantitative estimate of drug-likeness (QED) is 0.526. The molecule has 9 heteroatoms. The van der Waals surface area contributed by atoms with Crippen LogP contribution in [0.25, 0.3) is 11.5 Å². The van der Waals surface area contributed by atoms with E-state index in [9.17, 15) is 5.26 Å². The van der Waals surface area contributed by atoms with Gasteiger partial charge in [-0.05, 0) is 63.7 Å². The molecule has 5 rings (SSSR count). The van der Waals surface area contributed by atoms with Gasteiger partial charge in [0.2, 0.25) is 0 Å². The Morgan fingerprint density at radius 3 is 3.00 bits per heavy atom. The molecule has 2 atom stereocenters. The van der Waals surface area contributed by atoms with Crippen molar-refractivity contribution >= 4 is 16.3 Å². The number of hydrogen-bond acceptors (Lipinski definition) is 9. The van der Waals surface area contributed by atoms with Crippen molar-refractivity contribution in [1.29, 1.82) is 5.26 Å². The van der Waals surface area contributed by atoms with Gasteiger partial charge in [-0.3, -0.25) is 0 Å². The monoisotopic (exact) mass is 478 g/mol. The summed E-state index contributed by atoms with van der Waals surface area (Å²) in [5.74, 6) is 0.678. The fourth-order valence-electron chi connectivity index (χ4n) is 5.25. The van der Waals surface area contributed by atoms with Gasteiger partial charge in [0.15, 0.2) is 5.76 Å². The minimum Gasteiger partial charge on any atom is -0.462 e. The van der Waals surface area contributed by atoms with E-state index in [-0.39, 0.29) is 5.92 Å². The van der Waals surface area contributed by atoms with E-state index in [2.05, 4.69) is 40.1 Å². The van der Waals surface area contributed by atoms with Crippen LogP contribution in [0, 0.1) is 11.3 Å². The zero-order valence-electron chi connectivity index (χ0n) is 19.7. The van der Waals surface area contributed by atoms with Crippen LogP contribution in [-0.2, 0) is 12.8 Å². The molecule has 0 radical (unpaired) electrons. The molecule has 0 unspecified atom stereocenters.